The summed E-state index contributed by atoms with van der Waals surface area (Å²) in [6, 6.07) is 11.1. The Morgan fingerprint density at radius 2 is 1.76 bits per heavy atom. The Kier molecular flexibility index (Phi) is 7.02. The Labute approximate surface area is 192 Å². The summed E-state index contributed by atoms with van der Waals surface area (Å²) < 4.78 is 21.7. The quantitative estimate of drug-likeness (QED) is 0.519. The molecule has 0 radical (unpaired) electrons. The van der Waals surface area contributed by atoms with Gasteiger partial charge in [-0.3, -0.25) is 9.59 Å². The van der Waals surface area contributed by atoms with Gasteiger partial charge in [0, 0.05) is 6.04 Å². The Morgan fingerprint density at radius 3 is 2.39 bits per heavy atom. The lowest BCUT2D eigenvalue weighted by Crippen LogP contribution is -2.45. The van der Waals surface area contributed by atoms with E-state index in [1.807, 2.05) is 0 Å². The highest BCUT2D eigenvalue weighted by atomic mass is 16.5. The number of methoxy groups -OCH3 is 2. The van der Waals surface area contributed by atoms with Crippen LogP contribution in [-0.4, -0.2) is 37.0 Å². The molecule has 1 aliphatic carbocycles. The van der Waals surface area contributed by atoms with Crippen LogP contribution in [0.1, 0.15) is 53.6 Å². The number of hydrogen-bond acceptors (Lipinski definition) is 6. The van der Waals surface area contributed by atoms with Gasteiger partial charge in [-0.05, 0) is 54.8 Å². The molecule has 2 heterocycles. The second-order valence-electron chi connectivity index (χ2n) is 8.00. The van der Waals surface area contributed by atoms with Gasteiger partial charge in [-0.15, -0.1) is 0 Å². The highest BCUT2D eigenvalue weighted by molar-refractivity contribution is 5.96. The van der Waals surface area contributed by atoms with E-state index in [0.717, 1.165) is 25.7 Å². The molecule has 3 aromatic rings. The van der Waals surface area contributed by atoms with E-state index in [-0.39, 0.29) is 24.3 Å². The average Bonchev–Trinajstić information content (AvgIpc) is 3.62. The first-order valence-corrected chi connectivity index (χ1v) is 11.0. The van der Waals surface area contributed by atoms with Gasteiger partial charge in [0.2, 0.25) is 5.91 Å². The monoisotopic (exact) mass is 452 g/mol. The minimum absolute atomic E-state index is 0.0869. The molecule has 174 valence electrons. The van der Waals surface area contributed by atoms with E-state index in [4.69, 9.17) is 18.3 Å². The average molecular weight is 453 g/mol. The zero-order valence-corrected chi connectivity index (χ0v) is 18.8. The number of furan rings is 2. The van der Waals surface area contributed by atoms with Gasteiger partial charge in [0.15, 0.2) is 17.3 Å². The molecule has 33 heavy (non-hydrogen) atoms. The maximum atomic E-state index is 13.7. The standard InChI is InChI=1S/C25H28N2O6/c1-30-20-12-11-17(15-22(20)31-2)23(24(28)26-18-7-3-4-8-18)27(16-19-9-5-13-32-19)25(29)21-10-6-14-33-21/h5-6,9-15,18,23H,3-4,7-8,16H2,1-2H3,(H,26,28). The molecule has 1 aliphatic rings. The van der Waals surface area contributed by atoms with Crippen molar-refractivity contribution in [1.82, 2.24) is 10.2 Å². The number of carbonyl (C=O) groups is 2. The van der Waals surface area contributed by atoms with E-state index in [1.165, 1.54) is 24.5 Å². The van der Waals surface area contributed by atoms with Crippen LogP contribution in [0.5, 0.6) is 11.5 Å². The van der Waals surface area contributed by atoms with Crippen LogP contribution in [0.4, 0.5) is 0 Å². The lowest BCUT2D eigenvalue weighted by Gasteiger charge is -2.31. The zero-order chi connectivity index (χ0) is 23.2. The van der Waals surface area contributed by atoms with Gasteiger partial charge in [0.05, 0.1) is 33.3 Å². The molecule has 8 nitrogen and oxygen atoms in total. The van der Waals surface area contributed by atoms with Crippen molar-refractivity contribution in [2.75, 3.05) is 14.2 Å². The Hall–Kier alpha value is -3.68. The van der Waals surface area contributed by atoms with E-state index in [2.05, 4.69) is 5.32 Å². The molecule has 1 saturated carbocycles. The van der Waals surface area contributed by atoms with Crippen molar-refractivity contribution in [3.8, 4) is 11.5 Å². The van der Waals surface area contributed by atoms with Gasteiger partial charge in [-0.25, -0.2) is 0 Å². The Bertz CT molecular complexity index is 1050. The van der Waals surface area contributed by atoms with Gasteiger partial charge in [-0.1, -0.05) is 18.9 Å². The molecule has 1 N–H and O–H groups in total. The maximum Gasteiger partial charge on any atom is 0.290 e. The topological polar surface area (TPSA) is 94.2 Å². The number of carbonyl (C=O) groups excluding carboxylic acids is 2. The number of hydrogen-bond donors (Lipinski definition) is 1. The summed E-state index contributed by atoms with van der Waals surface area (Å²) in [5.74, 6) is 1.01. The van der Waals surface area contributed by atoms with Crippen molar-refractivity contribution >= 4 is 11.8 Å². The van der Waals surface area contributed by atoms with Gasteiger partial charge in [0.1, 0.15) is 11.8 Å². The summed E-state index contributed by atoms with van der Waals surface area (Å²) in [5, 5.41) is 3.14. The van der Waals surface area contributed by atoms with Crippen molar-refractivity contribution in [2.24, 2.45) is 0 Å². The first kappa shape index (κ1) is 22.5. The normalized spacial score (nSPS) is 14.6. The second-order valence-corrected chi connectivity index (χ2v) is 8.00. The first-order valence-electron chi connectivity index (χ1n) is 11.0. The molecule has 1 fully saturated rings. The molecule has 0 spiro atoms. The molecule has 4 rings (SSSR count). The first-order chi connectivity index (χ1) is 16.1. The minimum atomic E-state index is -0.937. The largest absolute Gasteiger partial charge is 0.493 e. The number of rotatable bonds is 9. The van der Waals surface area contributed by atoms with Crippen molar-refractivity contribution in [3.05, 3.63) is 72.1 Å². The molecule has 2 amide bonds. The smallest absolute Gasteiger partial charge is 0.290 e. The summed E-state index contributed by atoms with van der Waals surface area (Å²) in [7, 11) is 3.08. The van der Waals surface area contributed by atoms with Crippen LogP contribution in [0, 0.1) is 0 Å². The molecule has 0 bridgehead atoms. The molecular weight excluding hydrogens is 424 g/mol. The fraction of sp³-hybridized carbons (Fsp3) is 0.360. The van der Waals surface area contributed by atoms with Crippen molar-refractivity contribution < 1.29 is 27.9 Å². The van der Waals surface area contributed by atoms with Crippen LogP contribution in [0.15, 0.2) is 63.8 Å². The minimum Gasteiger partial charge on any atom is -0.493 e. The number of benzene rings is 1. The fourth-order valence-corrected chi connectivity index (χ4v) is 4.24. The van der Waals surface area contributed by atoms with E-state index >= 15 is 0 Å². The van der Waals surface area contributed by atoms with Crippen LogP contribution < -0.4 is 14.8 Å². The summed E-state index contributed by atoms with van der Waals surface area (Å²) >= 11 is 0. The Balaban J connectivity index is 1.76. The molecule has 1 aromatic carbocycles. The van der Waals surface area contributed by atoms with Crippen molar-refractivity contribution in [1.29, 1.82) is 0 Å². The van der Waals surface area contributed by atoms with E-state index in [0.29, 0.717) is 22.8 Å². The molecule has 0 aliphatic heterocycles. The highest BCUT2D eigenvalue weighted by Gasteiger charge is 2.35. The van der Waals surface area contributed by atoms with Crippen LogP contribution in [0.3, 0.4) is 0 Å². The molecule has 8 heteroatoms. The van der Waals surface area contributed by atoms with Crippen LogP contribution >= 0.6 is 0 Å². The third kappa shape index (κ3) is 5.05. The summed E-state index contributed by atoms with van der Waals surface area (Å²) in [5.41, 5.74) is 0.592. The van der Waals surface area contributed by atoms with Crippen molar-refractivity contribution in [2.45, 2.75) is 44.3 Å². The molecule has 1 atom stereocenters. The Morgan fingerprint density at radius 1 is 1.03 bits per heavy atom. The van der Waals surface area contributed by atoms with E-state index < -0.39 is 11.9 Å². The summed E-state index contributed by atoms with van der Waals surface area (Å²) in [6.07, 6.45) is 6.97. The van der Waals surface area contributed by atoms with Gasteiger partial charge < -0.3 is 28.5 Å². The van der Waals surface area contributed by atoms with Crippen LogP contribution in [0.25, 0.3) is 0 Å². The number of nitrogens with zero attached hydrogens (tertiary/aromatic N) is 1. The molecular formula is C25H28N2O6. The third-order valence-electron chi connectivity index (χ3n) is 5.88. The number of amides is 2. The lowest BCUT2D eigenvalue weighted by atomic mass is 10.0. The predicted octanol–water partition coefficient (Wildman–Crippen LogP) is 4.33. The van der Waals surface area contributed by atoms with E-state index in [9.17, 15) is 9.59 Å². The molecule has 0 saturated heterocycles. The lowest BCUT2D eigenvalue weighted by molar-refractivity contribution is -0.126. The number of ether oxygens (including phenoxy) is 2. The summed E-state index contributed by atoms with van der Waals surface area (Å²) in [6.45, 7) is 0.0869. The van der Waals surface area contributed by atoms with Gasteiger partial charge >= 0.3 is 0 Å². The van der Waals surface area contributed by atoms with E-state index in [1.54, 1.807) is 49.6 Å². The maximum absolute atomic E-state index is 13.7. The zero-order valence-electron chi connectivity index (χ0n) is 18.8. The SMILES string of the molecule is COc1ccc(C(C(=O)NC2CCCC2)N(Cc2ccco2)C(=O)c2ccco2)cc1OC. The molecule has 2 aromatic heterocycles. The van der Waals surface area contributed by atoms with Crippen molar-refractivity contribution in [3.63, 3.8) is 0 Å². The second kappa shape index (κ2) is 10.3. The summed E-state index contributed by atoms with van der Waals surface area (Å²) in [4.78, 5) is 28.6. The fourth-order valence-electron chi connectivity index (χ4n) is 4.24. The highest BCUT2D eigenvalue weighted by Crippen LogP contribution is 2.34. The van der Waals surface area contributed by atoms with Gasteiger partial charge in [0.25, 0.3) is 5.91 Å². The predicted molar refractivity (Wildman–Crippen MR) is 120 cm³/mol. The number of nitrogens with one attached hydrogen (secondary N) is 1. The third-order valence-corrected chi connectivity index (χ3v) is 5.88. The van der Waals surface area contributed by atoms with Crippen LogP contribution in [0.2, 0.25) is 0 Å². The van der Waals surface area contributed by atoms with Gasteiger partial charge in [-0.2, -0.15) is 0 Å². The molecule has 1 unspecified atom stereocenters. The van der Waals surface area contributed by atoms with Crippen LogP contribution in [-0.2, 0) is 11.3 Å².